The van der Waals surface area contributed by atoms with Gasteiger partial charge in [-0.05, 0) is 56.2 Å². The van der Waals surface area contributed by atoms with Crippen LogP contribution in [0.4, 0.5) is 11.5 Å². The molecule has 1 unspecified atom stereocenters. The molecule has 1 atom stereocenters. The van der Waals surface area contributed by atoms with Gasteiger partial charge in [0.15, 0.2) is 0 Å². The van der Waals surface area contributed by atoms with E-state index in [2.05, 4.69) is 20.2 Å². The molecule has 6 heteroatoms. The molecule has 2 aliphatic rings. The molecule has 0 radical (unpaired) electrons. The largest absolute Gasteiger partial charge is 0.344 e. The van der Waals surface area contributed by atoms with E-state index in [4.69, 9.17) is 0 Å². The summed E-state index contributed by atoms with van der Waals surface area (Å²) in [4.78, 5) is 26.9. The summed E-state index contributed by atoms with van der Waals surface area (Å²) in [7, 11) is 0. The first-order valence-electron chi connectivity index (χ1n) is 9.69. The normalized spacial score (nSPS) is 19.3. The number of hydrogen-bond acceptors (Lipinski definition) is 5. The standard InChI is InChI=1S/C21H22N4OS/c26-20(24-14-7-2-1-3-8-14)16-10-6-12-25(16)19-18-15-9-4-5-11-17(15)27-21(18)23-13-22-19/h1-3,7-8,13,16H,4-6,9-12H2,(H,24,26). The molecule has 27 heavy (non-hydrogen) atoms. The van der Waals surface area contributed by atoms with Crippen LogP contribution in [0, 0.1) is 0 Å². The van der Waals surface area contributed by atoms with Gasteiger partial charge in [-0.3, -0.25) is 4.79 Å². The van der Waals surface area contributed by atoms with Crippen molar-refractivity contribution >= 4 is 39.0 Å². The van der Waals surface area contributed by atoms with E-state index in [1.54, 1.807) is 17.7 Å². The van der Waals surface area contributed by atoms with Crippen LogP contribution in [0.3, 0.4) is 0 Å². The highest BCUT2D eigenvalue weighted by molar-refractivity contribution is 7.19. The number of aromatic nitrogens is 2. The van der Waals surface area contributed by atoms with Crippen LogP contribution in [0.25, 0.3) is 10.2 Å². The number of para-hydroxylation sites is 1. The Morgan fingerprint density at radius 3 is 2.85 bits per heavy atom. The first-order valence-corrected chi connectivity index (χ1v) is 10.5. The molecule has 1 N–H and O–H groups in total. The molecule has 0 saturated carbocycles. The molecule has 1 fully saturated rings. The molecule has 3 aromatic rings. The van der Waals surface area contributed by atoms with Crippen molar-refractivity contribution in [1.82, 2.24) is 9.97 Å². The van der Waals surface area contributed by atoms with Gasteiger partial charge < -0.3 is 10.2 Å². The number of nitrogens with one attached hydrogen (secondary N) is 1. The number of hydrogen-bond donors (Lipinski definition) is 1. The van der Waals surface area contributed by atoms with E-state index < -0.39 is 0 Å². The Morgan fingerprint density at radius 1 is 1.11 bits per heavy atom. The number of rotatable bonds is 3. The predicted molar refractivity (Wildman–Crippen MR) is 109 cm³/mol. The van der Waals surface area contributed by atoms with Crippen LogP contribution in [0.1, 0.15) is 36.1 Å². The lowest BCUT2D eigenvalue weighted by atomic mass is 9.97. The Kier molecular flexibility index (Phi) is 4.28. The van der Waals surface area contributed by atoms with Gasteiger partial charge in [-0.1, -0.05) is 18.2 Å². The lowest BCUT2D eigenvalue weighted by Crippen LogP contribution is -2.40. The van der Waals surface area contributed by atoms with E-state index >= 15 is 0 Å². The Bertz CT molecular complexity index is 985. The van der Waals surface area contributed by atoms with Gasteiger partial charge in [-0.15, -0.1) is 11.3 Å². The Hall–Kier alpha value is -2.47. The van der Waals surface area contributed by atoms with Crippen molar-refractivity contribution in [2.45, 2.75) is 44.6 Å². The number of carbonyl (C=O) groups is 1. The summed E-state index contributed by atoms with van der Waals surface area (Å²) in [5.74, 6) is 1.000. The van der Waals surface area contributed by atoms with Gasteiger partial charge in [-0.2, -0.15) is 0 Å². The highest BCUT2D eigenvalue weighted by atomic mass is 32.1. The Balaban J connectivity index is 1.50. The zero-order valence-corrected chi connectivity index (χ0v) is 16.0. The van der Waals surface area contributed by atoms with Crippen LogP contribution in [0.2, 0.25) is 0 Å². The topological polar surface area (TPSA) is 58.1 Å². The van der Waals surface area contributed by atoms with Gasteiger partial charge in [0.05, 0.1) is 5.39 Å². The average Bonchev–Trinajstić information content (AvgIpc) is 3.33. The van der Waals surface area contributed by atoms with E-state index in [-0.39, 0.29) is 11.9 Å². The number of fused-ring (bicyclic) bond motifs is 3. The lowest BCUT2D eigenvalue weighted by molar-refractivity contribution is -0.117. The number of thiophene rings is 1. The second-order valence-electron chi connectivity index (χ2n) is 7.30. The van der Waals surface area contributed by atoms with Crippen molar-refractivity contribution in [2.24, 2.45) is 0 Å². The smallest absolute Gasteiger partial charge is 0.247 e. The third kappa shape index (κ3) is 2.98. The molecule has 0 spiro atoms. The maximum atomic E-state index is 13.0. The molecular formula is C21H22N4OS. The highest BCUT2D eigenvalue weighted by Crippen LogP contribution is 2.40. The van der Waals surface area contributed by atoms with E-state index in [0.29, 0.717) is 0 Å². The number of nitrogens with zero attached hydrogens (tertiary/aromatic N) is 3. The summed E-state index contributed by atoms with van der Waals surface area (Å²) in [5.41, 5.74) is 2.26. The van der Waals surface area contributed by atoms with Crippen molar-refractivity contribution in [3.63, 3.8) is 0 Å². The van der Waals surface area contributed by atoms with Crippen LogP contribution in [0.5, 0.6) is 0 Å². The molecule has 0 bridgehead atoms. The molecule has 1 aromatic carbocycles. The highest BCUT2D eigenvalue weighted by Gasteiger charge is 2.34. The molecule has 138 valence electrons. The fourth-order valence-electron chi connectivity index (χ4n) is 4.33. The minimum absolute atomic E-state index is 0.0505. The zero-order chi connectivity index (χ0) is 18.2. The van der Waals surface area contributed by atoms with Gasteiger partial charge in [0.25, 0.3) is 0 Å². The number of benzene rings is 1. The SMILES string of the molecule is O=C(Nc1ccccc1)C1CCCN1c1ncnc2sc3c(c12)CCCC3. The Labute approximate surface area is 162 Å². The van der Waals surface area contributed by atoms with E-state index in [0.717, 1.165) is 48.6 Å². The molecule has 3 heterocycles. The average molecular weight is 379 g/mol. The second-order valence-corrected chi connectivity index (χ2v) is 8.38. The minimum Gasteiger partial charge on any atom is -0.344 e. The Morgan fingerprint density at radius 2 is 1.96 bits per heavy atom. The number of aryl methyl sites for hydroxylation is 2. The maximum Gasteiger partial charge on any atom is 0.247 e. The minimum atomic E-state index is -0.178. The fourth-order valence-corrected chi connectivity index (χ4v) is 5.55. The predicted octanol–water partition coefficient (Wildman–Crippen LogP) is 4.18. The molecule has 5 rings (SSSR count). The summed E-state index contributed by atoms with van der Waals surface area (Å²) >= 11 is 1.81. The van der Waals surface area contributed by atoms with Crippen molar-refractivity contribution in [3.8, 4) is 0 Å². The summed E-state index contributed by atoms with van der Waals surface area (Å²) < 4.78 is 0. The summed E-state index contributed by atoms with van der Waals surface area (Å²) in [5, 5.41) is 4.26. The van der Waals surface area contributed by atoms with Crippen LogP contribution in [-0.4, -0.2) is 28.5 Å². The van der Waals surface area contributed by atoms with Crippen molar-refractivity contribution in [3.05, 3.63) is 47.1 Å². The molecule has 1 amide bonds. The van der Waals surface area contributed by atoms with E-state index in [1.807, 2.05) is 30.3 Å². The third-order valence-electron chi connectivity index (χ3n) is 5.60. The van der Waals surface area contributed by atoms with Crippen molar-refractivity contribution in [1.29, 1.82) is 0 Å². The first kappa shape index (κ1) is 16.7. The molecule has 2 aromatic heterocycles. The van der Waals surface area contributed by atoms with Crippen molar-refractivity contribution in [2.75, 3.05) is 16.8 Å². The van der Waals surface area contributed by atoms with Crippen LogP contribution >= 0.6 is 11.3 Å². The quantitative estimate of drug-likeness (QED) is 0.743. The number of amides is 1. The summed E-state index contributed by atoms with van der Waals surface area (Å²) in [6, 6.07) is 9.50. The summed E-state index contributed by atoms with van der Waals surface area (Å²) in [6.45, 7) is 0.865. The molecule has 1 aliphatic carbocycles. The van der Waals surface area contributed by atoms with Crippen LogP contribution in [0.15, 0.2) is 36.7 Å². The molecule has 5 nitrogen and oxygen atoms in total. The molecule has 1 aliphatic heterocycles. The van der Waals surface area contributed by atoms with Crippen LogP contribution in [-0.2, 0) is 17.6 Å². The second kappa shape index (κ2) is 6.93. The third-order valence-corrected chi connectivity index (χ3v) is 6.80. The van der Waals surface area contributed by atoms with Gasteiger partial charge in [0.1, 0.15) is 23.0 Å². The lowest BCUT2D eigenvalue weighted by Gasteiger charge is -2.26. The zero-order valence-electron chi connectivity index (χ0n) is 15.1. The molecule has 1 saturated heterocycles. The van der Waals surface area contributed by atoms with Gasteiger partial charge in [0.2, 0.25) is 5.91 Å². The van der Waals surface area contributed by atoms with E-state index in [1.165, 1.54) is 28.7 Å². The van der Waals surface area contributed by atoms with Gasteiger partial charge in [-0.25, -0.2) is 9.97 Å². The van der Waals surface area contributed by atoms with Gasteiger partial charge in [0, 0.05) is 17.1 Å². The summed E-state index contributed by atoms with van der Waals surface area (Å²) in [6.07, 6.45) is 8.25. The van der Waals surface area contributed by atoms with Crippen molar-refractivity contribution < 1.29 is 4.79 Å². The number of anilines is 2. The van der Waals surface area contributed by atoms with E-state index in [9.17, 15) is 4.79 Å². The monoisotopic (exact) mass is 378 g/mol. The first-order chi connectivity index (χ1) is 13.3. The fraction of sp³-hybridized carbons (Fsp3) is 0.381. The number of carbonyl (C=O) groups excluding carboxylic acids is 1. The maximum absolute atomic E-state index is 13.0. The molecular weight excluding hydrogens is 356 g/mol. The van der Waals surface area contributed by atoms with Gasteiger partial charge >= 0.3 is 0 Å². The van der Waals surface area contributed by atoms with Crippen LogP contribution < -0.4 is 10.2 Å².